The average molecular weight is 286 g/mol. The molecule has 0 N–H and O–H groups in total. The first-order valence-electron chi connectivity index (χ1n) is 5.98. The van der Waals surface area contributed by atoms with E-state index in [1.807, 2.05) is 6.07 Å². The van der Waals surface area contributed by atoms with Gasteiger partial charge in [0.2, 0.25) is 0 Å². The molecule has 0 amide bonds. The Morgan fingerprint density at radius 2 is 1.95 bits per heavy atom. The number of nitrogens with zero attached hydrogens (tertiary/aromatic N) is 1. The highest BCUT2D eigenvalue weighted by molar-refractivity contribution is 6.35. The maximum atomic E-state index is 14.0. The molecular weight excluding hydrogens is 277 g/mol. The van der Waals surface area contributed by atoms with E-state index in [0.29, 0.717) is 33.5 Å². The van der Waals surface area contributed by atoms with E-state index < -0.39 is 5.82 Å². The number of hydrogen-bond donors (Lipinski definition) is 0. The van der Waals surface area contributed by atoms with Crippen LogP contribution in [-0.2, 0) is 0 Å². The zero-order valence-corrected chi connectivity index (χ0v) is 11.1. The molecule has 0 atom stereocenters. The summed E-state index contributed by atoms with van der Waals surface area (Å²) in [5, 5.41) is 1.43. The van der Waals surface area contributed by atoms with Crippen LogP contribution in [0.3, 0.4) is 0 Å². The summed E-state index contributed by atoms with van der Waals surface area (Å²) >= 11 is 6.07. The number of pyridine rings is 1. The number of hydrogen-bond acceptors (Lipinski definition) is 2. The molecule has 0 saturated heterocycles. The van der Waals surface area contributed by atoms with Gasteiger partial charge in [-0.2, -0.15) is 0 Å². The molecule has 0 aliphatic carbocycles. The third kappa shape index (κ3) is 2.17. The number of fused-ring (bicyclic) bond motifs is 1. The van der Waals surface area contributed by atoms with Crippen LogP contribution in [-0.4, -0.2) is 11.3 Å². The molecule has 0 spiro atoms. The molecule has 3 rings (SSSR count). The molecule has 2 nitrogen and oxygen atoms in total. The predicted molar refractivity (Wildman–Crippen MR) is 77.5 cm³/mol. The second-order valence-electron chi connectivity index (χ2n) is 4.38. The van der Waals surface area contributed by atoms with Crippen molar-refractivity contribution in [3.8, 4) is 11.1 Å². The van der Waals surface area contributed by atoms with Crippen molar-refractivity contribution in [2.24, 2.45) is 0 Å². The zero-order valence-electron chi connectivity index (χ0n) is 10.3. The summed E-state index contributed by atoms with van der Waals surface area (Å²) in [5.74, 6) is -0.434. The van der Waals surface area contributed by atoms with Crippen molar-refractivity contribution < 1.29 is 9.18 Å². The van der Waals surface area contributed by atoms with Gasteiger partial charge in [0.1, 0.15) is 12.1 Å². The Morgan fingerprint density at radius 3 is 2.70 bits per heavy atom. The standard InChI is InChI=1S/C16H9ClFNO/c17-14-5-6-19-16-8-11(2-4-13(14)16)12-3-1-10(9-20)7-15(12)18/h1-9H. The molecule has 3 aromatic rings. The quantitative estimate of drug-likeness (QED) is 0.649. The summed E-state index contributed by atoms with van der Waals surface area (Å²) in [4.78, 5) is 14.9. The molecular formula is C16H9ClFNO. The summed E-state index contributed by atoms with van der Waals surface area (Å²) in [6, 6.07) is 11.5. The van der Waals surface area contributed by atoms with Gasteiger partial charge in [0.25, 0.3) is 0 Å². The minimum Gasteiger partial charge on any atom is -0.298 e. The molecule has 0 aliphatic rings. The van der Waals surface area contributed by atoms with E-state index in [1.165, 1.54) is 6.07 Å². The normalized spacial score (nSPS) is 10.7. The van der Waals surface area contributed by atoms with Crippen molar-refractivity contribution in [1.82, 2.24) is 4.98 Å². The second-order valence-corrected chi connectivity index (χ2v) is 4.79. The molecule has 1 aromatic heterocycles. The topological polar surface area (TPSA) is 30.0 Å². The number of carbonyl (C=O) groups excluding carboxylic acids is 1. The fraction of sp³-hybridized carbons (Fsp3) is 0. The summed E-state index contributed by atoms with van der Waals surface area (Å²) in [6.45, 7) is 0. The molecule has 98 valence electrons. The maximum Gasteiger partial charge on any atom is 0.150 e. The lowest BCUT2D eigenvalue weighted by atomic mass is 10.0. The molecule has 0 radical (unpaired) electrons. The maximum absolute atomic E-state index is 14.0. The third-order valence-electron chi connectivity index (χ3n) is 3.13. The zero-order chi connectivity index (χ0) is 14.1. The first-order chi connectivity index (χ1) is 9.69. The number of aromatic nitrogens is 1. The van der Waals surface area contributed by atoms with Crippen molar-refractivity contribution in [1.29, 1.82) is 0 Å². The SMILES string of the molecule is O=Cc1ccc(-c2ccc3c(Cl)ccnc3c2)c(F)c1. The van der Waals surface area contributed by atoms with Gasteiger partial charge in [-0.25, -0.2) is 4.39 Å². The Hall–Kier alpha value is -2.26. The van der Waals surface area contributed by atoms with E-state index in [1.54, 1.807) is 36.5 Å². The van der Waals surface area contributed by atoms with Crippen molar-refractivity contribution >= 4 is 28.8 Å². The number of carbonyl (C=O) groups is 1. The minimum absolute atomic E-state index is 0.313. The van der Waals surface area contributed by atoms with Gasteiger partial charge >= 0.3 is 0 Å². The second kappa shape index (κ2) is 5.02. The monoisotopic (exact) mass is 285 g/mol. The molecule has 0 bridgehead atoms. The Balaban J connectivity index is 2.17. The van der Waals surface area contributed by atoms with Gasteiger partial charge in [0.05, 0.1) is 10.5 Å². The lowest BCUT2D eigenvalue weighted by Crippen LogP contribution is -1.89. The first kappa shape index (κ1) is 12.8. The molecule has 20 heavy (non-hydrogen) atoms. The van der Waals surface area contributed by atoms with E-state index in [4.69, 9.17) is 11.6 Å². The summed E-state index contributed by atoms with van der Waals surface area (Å²) in [6.07, 6.45) is 2.23. The van der Waals surface area contributed by atoms with Gasteiger partial charge in [0, 0.05) is 22.7 Å². The molecule has 0 unspecified atom stereocenters. The van der Waals surface area contributed by atoms with Crippen LogP contribution in [0.5, 0.6) is 0 Å². The van der Waals surface area contributed by atoms with Crippen LogP contribution in [0, 0.1) is 5.82 Å². The van der Waals surface area contributed by atoms with E-state index in [9.17, 15) is 9.18 Å². The third-order valence-corrected chi connectivity index (χ3v) is 3.46. The lowest BCUT2D eigenvalue weighted by molar-refractivity contribution is 0.112. The lowest BCUT2D eigenvalue weighted by Gasteiger charge is -2.06. The fourth-order valence-corrected chi connectivity index (χ4v) is 2.34. The Labute approximate surface area is 119 Å². The predicted octanol–water partition coefficient (Wildman–Crippen LogP) is 4.51. The van der Waals surface area contributed by atoms with Gasteiger partial charge in [-0.3, -0.25) is 9.78 Å². The van der Waals surface area contributed by atoms with Crippen LogP contribution < -0.4 is 0 Å². The summed E-state index contributed by atoms with van der Waals surface area (Å²) in [7, 11) is 0. The van der Waals surface area contributed by atoms with Gasteiger partial charge in [-0.15, -0.1) is 0 Å². The summed E-state index contributed by atoms with van der Waals surface area (Å²) < 4.78 is 14.0. The van der Waals surface area contributed by atoms with E-state index in [2.05, 4.69) is 4.98 Å². The van der Waals surface area contributed by atoms with E-state index in [0.717, 1.165) is 5.39 Å². The van der Waals surface area contributed by atoms with Crippen LogP contribution >= 0.6 is 11.6 Å². The van der Waals surface area contributed by atoms with Gasteiger partial charge in [-0.1, -0.05) is 35.9 Å². The number of benzene rings is 2. The largest absolute Gasteiger partial charge is 0.298 e. The molecule has 4 heteroatoms. The molecule has 1 heterocycles. The number of rotatable bonds is 2. The Morgan fingerprint density at radius 1 is 1.10 bits per heavy atom. The molecule has 2 aromatic carbocycles. The Bertz CT molecular complexity index is 817. The van der Waals surface area contributed by atoms with Gasteiger partial charge in [-0.05, 0) is 23.8 Å². The number of aldehydes is 1. The van der Waals surface area contributed by atoms with Crippen molar-refractivity contribution in [3.63, 3.8) is 0 Å². The van der Waals surface area contributed by atoms with Crippen molar-refractivity contribution in [2.75, 3.05) is 0 Å². The minimum atomic E-state index is -0.434. The van der Waals surface area contributed by atoms with Crippen LogP contribution in [0.4, 0.5) is 4.39 Å². The summed E-state index contributed by atoms with van der Waals surface area (Å²) in [5.41, 5.74) is 2.14. The van der Waals surface area contributed by atoms with Crippen LogP contribution in [0.25, 0.3) is 22.0 Å². The highest BCUT2D eigenvalue weighted by atomic mass is 35.5. The Kier molecular flexibility index (Phi) is 3.20. The first-order valence-corrected chi connectivity index (χ1v) is 6.36. The van der Waals surface area contributed by atoms with Gasteiger partial charge in [0.15, 0.2) is 0 Å². The van der Waals surface area contributed by atoms with E-state index in [-0.39, 0.29) is 0 Å². The molecule has 0 aliphatic heterocycles. The van der Waals surface area contributed by atoms with Crippen LogP contribution in [0.2, 0.25) is 5.02 Å². The van der Waals surface area contributed by atoms with Gasteiger partial charge < -0.3 is 0 Å². The van der Waals surface area contributed by atoms with Crippen LogP contribution in [0.1, 0.15) is 10.4 Å². The fourth-order valence-electron chi connectivity index (χ4n) is 2.12. The van der Waals surface area contributed by atoms with E-state index >= 15 is 0 Å². The molecule has 0 fully saturated rings. The highest BCUT2D eigenvalue weighted by Gasteiger charge is 2.08. The number of halogens is 2. The molecule has 0 saturated carbocycles. The van der Waals surface area contributed by atoms with Crippen molar-refractivity contribution in [2.45, 2.75) is 0 Å². The average Bonchev–Trinajstić information content (AvgIpc) is 2.47. The van der Waals surface area contributed by atoms with Crippen molar-refractivity contribution in [3.05, 3.63) is 65.1 Å². The highest BCUT2D eigenvalue weighted by Crippen LogP contribution is 2.28. The van der Waals surface area contributed by atoms with Crippen LogP contribution in [0.15, 0.2) is 48.7 Å². The smallest absolute Gasteiger partial charge is 0.150 e.